The molecule has 0 fully saturated rings. The Morgan fingerprint density at radius 2 is 1.94 bits per heavy atom. The molecule has 0 radical (unpaired) electrons. The highest BCUT2D eigenvalue weighted by atomic mass is 79.9. The molecule has 0 aliphatic rings. The van der Waals surface area contributed by atoms with Gasteiger partial charge in [-0.3, -0.25) is 0 Å². The summed E-state index contributed by atoms with van der Waals surface area (Å²) in [4.78, 5) is 0. The molecule has 2 nitrogen and oxygen atoms in total. The molecule has 0 heterocycles. The quantitative estimate of drug-likeness (QED) is 0.852. The molecular formula is C14H22BrNO. The Kier molecular flexibility index (Phi) is 5.47. The molecule has 1 aromatic carbocycles. The summed E-state index contributed by atoms with van der Waals surface area (Å²) in [7, 11) is 0. The maximum absolute atomic E-state index is 9.93. The van der Waals surface area contributed by atoms with E-state index in [1.807, 2.05) is 12.1 Å². The van der Waals surface area contributed by atoms with E-state index in [0.29, 0.717) is 17.7 Å². The number of hydrogen-bond donors (Lipinski definition) is 2. The summed E-state index contributed by atoms with van der Waals surface area (Å²) in [5.41, 5.74) is 0.967. The minimum atomic E-state index is 0.199. The largest absolute Gasteiger partial charge is 0.508 e. The molecule has 0 aliphatic heterocycles. The van der Waals surface area contributed by atoms with Gasteiger partial charge >= 0.3 is 0 Å². The van der Waals surface area contributed by atoms with Gasteiger partial charge in [0.1, 0.15) is 5.75 Å². The van der Waals surface area contributed by atoms with E-state index in [1.165, 1.54) is 0 Å². The maximum atomic E-state index is 9.93. The zero-order valence-corrected chi connectivity index (χ0v) is 12.6. The minimum absolute atomic E-state index is 0.199. The van der Waals surface area contributed by atoms with Gasteiger partial charge < -0.3 is 10.4 Å². The monoisotopic (exact) mass is 299 g/mol. The third kappa shape index (κ3) is 4.00. The second kappa shape index (κ2) is 6.41. The molecule has 1 rings (SSSR count). The standard InChI is InChI=1S/C14H22BrNO/c1-5-13(16-10(4)9(2)3)12-8-11(15)6-7-14(12)17/h6-10,13,16-17H,5H2,1-4H3. The summed E-state index contributed by atoms with van der Waals surface area (Å²) in [6.45, 7) is 8.71. The van der Waals surface area contributed by atoms with Crippen LogP contribution in [0.15, 0.2) is 22.7 Å². The molecule has 0 amide bonds. The number of rotatable bonds is 5. The van der Waals surface area contributed by atoms with Gasteiger partial charge in [0.2, 0.25) is 0 Å². The Bertz CT molecular complexity index is 365. The molecular weight excluding hydrogens is 278 g/mol. The van der Waals surface area contributed by atoms with E-state index in [2.05, 4.69) is 48.9 Å². The highest BCUT2D eigenvalue weighted by molar-refractivity contribution is 9.10. The van der Waals surface area contributed by atoms with E-state index >= 15 is 0 Å². The first kappa shape index (κ1) is 14.5. The molecule has 2 atom stereocenters. The molecule has 0 aromatic heterocycles. The summed E-state index contributed by atoms with van der Waals surface area (Å²) < 4.78 is 1.00. The molecule has 0 aliphatic carbocycles. The van der Waals surface area contributed by atoms with Gasteiger partial charge in [-0.2, -0.15) is 0 Å². The second-order valence-electron chi connectivity index (χ2n) is 4.86. The first-order chi connectivity index (χ1) is 7.95. The smallest absolute Gasteiger partial charge is 0.120 e. The van der Waals surface area contributed by atoms with Crippen molar-refractivity contribution in [3.63, 3.8) is 0 Å². The minimum Gasteiger partial charge on any atom is -0.508 e. The van der Waals surface area contributed by atoms with Gasteiger partial charge in [-0.05, 0) is 37.5 Å². The van der Waals surface area contributed by atoms with E-state index in [9.17, 15) is 5.11 Å². The molecule has 2 unspecified atom stereocenters. The van der Waals surface area contributed by atoms with Crippen molar-refractivity contribution in [3.05, 3.63) is 28.2 Å². The fourth-order valence-corrected chi connectivity index (χ4v) is 2.12. The normalized spacial score (nSPS) is 14.9. The van der Waals surface area contributed by atoms with E-state index in [0.717, 1.165) is 16.5 Å². The molecule has 1 aromatic rings. The van der Waals surface area contributed by atoms with Crippen molar-refractivity contribution < 1.29 is 5.11 Å². The van der Waals surface area contributed by atoms with Crippen molar-refractivity contribution in [2.75, 3.05) is 0 Å². The lowest BCUT2D eigenvalue weighted by atomic mass is 9.99. The Morgan fingerprint density at radius 1 is 1.29 bits per heavy atom. The molecule has 0 spiro atoms. The number of nitrogens with one attached hydrogen (secondary N) is 1. The van der Waals surface area contributed by atoms with Gasteiger partial charge in [0.15, 0.2) is 0 Å². The summed E-state index contributed by atoms with van der Waals surface area (Å²) >= 11 is 3.45. The Morgan fingerprint density at radius 3 is 2.47 bits per heavy atom. The fraction of sp³-hybridized carbons (Fsp3) is 0.571. The first-order valence-corrected chi connectivity index (χ1v) is 6.99. The Balaban J connectivity index is 2.89. The lowest BCUT2D eigenvalue weighted by Gasteiger charge is -2.25. The lowest BCUT2D eigenvalue weighted by molar-refractivity contribution is 0.361. The third-order valence-corrected chi connectivity index (χ3v) is 3.73. The zero-order chi connectivity index (χ0) is 13.0. The molecule has 0 saturated heterocycles. The van der Waals surface area contributed by atoms with Crippen LogP contribution in [0.3, 0.4) is 0 Å². The first-order valence-electron chi connectivity index (χ1n) is 6.20. The maximum Gasteiger partial charge on any atom is 0.120 e. The van der Waals surface area contributed by atoms with Gasteiger partial charge in [0.25, 0.3) is 0 Å². The zero-order valence-electron chi connectivity index (χ0n) is 11.0. The summed E-state index contributed by atoms with van der Waals surface area (Å²) in [5.74, 6) is 0.946. The van der Waals surface area contributed by atoms with Crippen LogP contribution < -0.4 is 5.32 Å². The number of phenolic OH excluding ortho intramolecular Hbond substituents is 1. The summed E-state index contributed by atoms with van der Waals surface area (Å²) in [6, 6.07) is 6.22. The van der Waals surface area contributed by atoms with Gasteiger partial charge in [-0.15, -0.1) is 0 Å². The van der Waals surface area contributed by atoms with Crippen LogP contribution in [0.25, 0.3) is 0 Å². The molecule has 3 heteroatoms. The van der Waals surface area contributed by atoms with Crippen LogP contribution in [-0.2, 0) is 0 Å². The number of hydrogen-bond acceptors (Lipinski definition) is 2. The van der Waals surface area contributed by atoms with E-state index in [-0.39, 0.29) is 6.04 Å². The fourth-order valence-electron chi connectivity index (χ4n) is 1.74. The lowest BCUT2D eigenvalue weighted by Crippen LogP contribution is -2.34. The number of halogens is 1. The van der Waals surface area contributed by atoms with Crippen LogP contribution in [0.4, 0.5) is 0 Å². The van der Waals surface area contributed by atoms with Gasteiger partial charge in [-0.1, -0.05) is 36.7 Å². The predicted molar refractivity (Wildman–Crippen MR) is 76.3 cm³/mol. The Hall–Kier alpha value is -0.540. The number of benzene rings is 1. The highest BCUT2D eigenvalue weighted by Gasteiger charge is 2.17. The summed E-state index contributed by atoms with van der Waals surface area (Å²) in [6.07, 6.45) is 0.959. The second-order valence-corrected chi connectivity index (χ2v) is 5.78. The van der Waals surface area contributed by atoms with Crippen molar-refractivity contribution in [3.8, 4) is 5.75 Å². The van der Waals surface area contributed by atoms with Gasteiger partial charge in [-0.25, -0.2) is 0 Å². The Labute approximate surface area is 113 Å². The van der Waals surface area contributed by atoms with Crippen LogP contribution in [0.5, 0.6) is 5.75 Å². The van der Waals surface area contributed by atoms with E-state index < -0.39 is 0 Å². The van der Waals surface area contributed by atoms with Crippen LogP contribution >= 0.6 is 15.9 Å². The molecule has 17 heavy (non-hydrogen) atoms. The van der Waals surface area contributed by atoms with Crippen molar-refractivity contribution in [1.82, 2.24) is 5.32 Å². The molecule has 0 saturated carbocycles. The topological polar surface area (TPSA) is 32.3 Å². The van der Waals surface area contributed by atoms with Crippen LogP contribution in [0, 0.1) is 5.92 Å². The highest BCUT2D eigenvalue weighted by Crippen LogP contribution is 2.30. The van der Waals surface area contributed by atoms with Crippen LogP contribution in [-0.4, -0.2) is 11.1 Å². The average Bonchev–Trinajstić information content (AvgIpc) is 2.29. The molecule has 96 valence electrons. The summed E-state index contributed by atoms with van der Waals surface area (Å²) in [5, 5.41) is 13.5. The van der Waals surface area contributed by atoms with Crippen LogP contribution in [0.1, 0.15) is 45.7 Å². The molecule has 2 N–H and O–H groups in total. The van der Waals surface area contributed by atoms with Gasteiger partial charge in [0, 0.05) is 22.1 Å². The van der Waals surface area contributed by atoms with Crippen molar-refractivity contribution in [2.45, 2.75) is 46.2 Å². The van der Waals surface area contributed by atoms with Crippen LogP contribution in [0.2, 0.25) is 0 Å². The van der Waals surface area contributed by atoms with E-state index in [4.69, 9.17) is 0 Å². The number of phenols is 1. The van der Waals surface area contributed by atoms with Crippen molar-refractivity contribution in [1.29, 1.82) is 0 Å². The number of aromatic hydroxyl groups is 1. The van der Waals surface area contributed by atoms with Crippen molar-refractivity contribution >= 4 is 15.9 Å². The third-order valence-electron chi connectivity index (χ3n) is 3.24. The molecule has 0 bridgehead atoms. The predicted octanol–water partition coefficient (Wildman–Crippen LogP) is 4.24. The van der Waals surface area contributed by atoms with Gasteiger partial charge in [0.05, 0.1) is 0 Å². The SMILES string of the molecule is CCC(NC(C)C(C)C)c1cc(Br)ccc1O. The van der Waals surface area contributed by atoms with Crippen molar-refractivity contribution in [2.24, 2.45) is 5.92 Å². The van der Waals surface area contributed by atoms with E-state index in [1.54, 1.807) is 6.07 Å². The average molecular weight is 300 g/mol.